The molecule has 0 amide bonds. The van der Waals surface area contributed by atoms with Gasteiger partial charge in [-0.15, -0.1) is 0 Å². The third-order valence-electron chi connectivity index (χ3n) is 7.15. The first-order chi connectivity index (χ1) is 11.1. The van der Waals surface area contributed by atoms with E-state index in [1.54, 1.807) is 0 Å². The molecule has 0 aromatic carbocycles. The minimum absolute atomic E-state index is 0.0195. The lowest BCUT2D eigenvalue weighted by Crippen LogP contribution is -2.40. The van der Waals surface area contributed by atoms with Gasteiger partial charge in [-0.05, 0) is 51.2 Å². The smallest absolute Gasteiger partial charge is 0.194 e. The maximum absolute atomic E-state index is 12.9. The molecule has 0 aromatic rings. The molecule has 24 heavy (non-hydrogen) atoms. The molecule has 2 aliphatic heterocycles. The summed E-state index contributed by atoms with van der Waals surface area (Å²) in [4.78, 5) is 25.5. The molecule has 2 bridgehead atoms. The Kier molecular flexibility index (Phi) is 3.16. The Hall–Kier alpha value is -1.26. The third kappa shape index (κ3) is 2.12. The summed E-state index contributed by atoms with van der Waals surface area (Å²) >= 11 is 0. The molecule has 3 fully saturated rings. The molecule has 1 saturated carbocycles. The van der Waals surface area contributed by atoms with Gasteiger partial charge in [-0.3, -0.25) is 9.59 Å². The van der Waals surface area contributed by atoms with E-state index in [2.05, 4.69) is 20.4 Å². The van der Waals surface area contributed by atoms with E-state index in [0.29, 0.717) is 5.57 Å². The molecule has 4 aliphatic rings. The van der Waals surface area contributed by atoms with Gasteiger partial charge in [0.05, 0.1) is 11.7 Å². The van der Waals surface area contributed by atoms with Crippen molar-refractivity contribution >= 4 is 11.6 Å². The van der Waals surface area contributed by atoms with Gasteiger partial charge in [0.15, 0.2) is 11.6 Å². The van der Waals surface area contributed by atoms with Gasteiger partial charge in [0.2, 0.25) is 0 Å². The normalized spacial score (nSPS) is 50.9. The highest BCUT2D eigenvalue weighted by Gasteiger charge is 2.61. The summed E-state index contributed by atoms with van der Waals surface area (Å²) < 4.78 is 11.7. The van der Waals surface area contributed by atoms with E-state index in [-0.39, 0.29) is 29.2 Å². The van der Waals surface area contributed by atoms with Crippen molar-refractivity contribution in [2.75, 3.05) is 0 Å². The second kappa shape index (κ2) is 4.67. The number of hydrogen-bond acceptors (Lipinski definition) is 4. The monoisotopic (exact) mass is 330 g/mol. The highest BCUT2D eigenvalue weighted by Crippen LogP contribution is 2.54. The highest BCUT2D eigenvalue weighted by molar-refractivity contribution is 6.11. The summed E-state index contributed by atoms with van der Waals surface area (Å²) in [5, 5.41) is 0. The molecule has 0 radical (unpaired) electrons. The van der Waals surface area contributed by atoms with Crippen LogP contribution in [-0.4, -0.2) is 35.0 Å². The van der Waals surface area contributed by atoms with Crippen molar-refractivity contribution in [2.24, 2.45) is 11.3 Å². The molecule has 0 spiro atoms. The average molecular weight is 330 g/mol. The summed E-state index contributed by atoms with van der Waals surface area (Å²) in [6.45, 7) is 12.4. The van der Waals surface area contributed by atoms with E-state index in [9.17, 15) is 9.59 Å². The fraction of sp³-hybridized carbons (Fsp3) is 0.700. The van der Waals surface area contributed by atoms with Crippen LogP contribution in [0.15, 0.2) is 23.8 Å². The van der Waals surface area contributed by atoms with Crippen LogP contribution in [0.3, 0.4) is 0 Å². The number of ether oxygens (including phenoxy) is 2. The lowest BCUT2D eigenvalue weighted by molar-refractivity contribution is -0.123. The first kappa shape index (κ1) is 16.2. The van der Waals surface area contributed by atoms with Crippen LogP contribution in [0.5, 0.6) is 0 Å². The molecule has 4 heteroatoms. The number of fused-ring (bicyclic) bond motifs is 4. The van der Waals surface area contributed by atoms with Crippen molar-refractivity contribution in [3.63, 3.8) is 0 Å². The third-order valence-corrected chi connectivity index (χ3v) is 7.15. The number of Topliss-reactive ketones (excluding diaryl/α,β-unsaturated/α-hetero) is 1. The number of hydrogen-bond donors (Lipinski definition) is 0. The van der Waals surface area contributed by atoms with Crippen molar-refractivity contribution in [2.45, 2.75) is 76.8 Å². The maximum Gasteiger partial charge on any atom is 0.194 e. The molecule has 2 aliphatic carbocycles. The van der Waals surface area contributed by atoms with Gasteiger partial charge in [-0.2, -0.15) is 0 Å². The number of carbonyl (C=O) groups excluding carboxylic acids is 2. The zero-order chi connectivity index (χ0) is 17.5. The van der Waals surface area contributed by atoms with Crippen molar-refractivity contribution < 1.29 is 19.1 Å². The molecule has 0 unspecified atom stereocenters. The highest BCUT2D eigenvalue weighted by atomic mass is 16.6. The molecule has 0 N–H and O–H groups in total. The second-order valence-corrected chi connectivity index (χ2v) is 8.71. The number of ketones is 2. The lowest BCUT2D eigenvalue weighted by Gasteiger charge is -2.41. The first-order valence-corrected chi connectivity index (χ1v) is 8.96. The first-order valence-electron chi connectivity index (χ1n) is 8.96. The van der Waals surface area contributed by atoms with Gasteiger partial charge in [-0.1, -0.05) is 20.4 Å². The van der Waals surface area contributed by atoms with E-state index in [1.807, 2.05) is 13.8 Å². The van der Waals surface area contributed by atoms with E-state index >= 15 is 0 Å². The van der Waals surface area contributed by atoms with Crippen molar-refractivity contribution in [3.8, 4) is 0 Å². The van der Waals surface area contributed by atoms with Crippen LogP contribution < -0.4 is 0 Å². The zero-order valence-electron chi connectivity index (χ0n) is 15.0. The van der Waals surface area contributed by atoms with Crippen molar-refractivity contribution in [1.29, 1.82) is 0 Å². The topological polar surface area (TPSA) is 59.2 Å². The average Bonchev–Trinajstić information content (AvgIpc) is 3.40. The van der Waals surface area contributed by atoms with Crippen molar-refractivity contribution in [3.05, 3.63) is 23.8 Å². The van der Waals surface area contributed by atoms with E-state index in [4.69, 9.17) is 9.47 Å². The van der Waals surface area contributed by atoms with E-state index in [1.165, 1.54) is 6.08 Å². The molecule has 0 aromatic heterocycles. The fourth-order valence-electron chi connectivity index (χ4n) is 4.52. The zero-order valence-corrected chi connectivity index (χ0v) is 15.0. The van der Waals surface area contributed by atoms with Crippen LogP contribution in [0, 0.1) is 11.3 Å². The molecule has 2 saturated heterocycles. The molecular formula is C20H26O4. The van der Waals surface area contributed by atoms with Crippen LogP contribution in [-0.2, 0) is 19.1 Å². The van der Waals surface area contributed by atoms with Crippen LogP contribution in [0.2, 0.25) is 0 Å². The minimum Gasteiger partial charge on any atom is -0.366 e. The summed E-state index contributed by atoms with van der Waals surface area (Å²) in [5.74, 6) is -0.225. The summed E-state index contributed by atoms with van der Waals surface area (Å²) in [6.07, 6.45) is 4.70. The van der Waals surface area contributed by atoms with Gasteiger partial charge >= 0.3 is 0 Å². The SMILES string of the molecule is C=C1C2=CC(=O)[C@@H](C)[C@]1(C)CC[C@]1(C)O[C@H]1CC[C@@]1(C)O[C@@H]1C2=O. The van der Waals surface area contributed by atoms with Crippen LogP contribution in [0.1, 0.15) is 53.4 Å². The molecule has 2 heterocycles. The lowest BCUT2D eigenvalue weighted by atomic mass is 9.61. The van der Waals surface area contributed by atoms with Gasteiger partial charge < -0.3 is 9.47 Å². The molecule has 4 nitrogen and oxygen atoms in total. The summed E-state index contributed by atoms with van der Waals surface area (Å²) in [5.41, 5.74) is 0.331. The van der Waals surface area contributed by atoms with Crippen molar-refractivity contribution in [1.82, 2.24) is 0 Å². The predicted molar refractivity (Wildman–Crippen MR) is 89.5 cm³/mol. The van der Waals surface area contributed by atoms with E-state index < -0.39 is 17.1 Å². The maximum atomic E-state index is 12.9. The Morgan fingerprint density at radius 1 is 1.08 bits per heavy atom. The molecule has 130 valence electrons. The van der Waals surface area contributed by atoms with Gasteiger partial charge in [0.25, 0.3) is 0 Å². The minimum atomic E-state index is -0.449. The summed E-state index contributed by atoms with van der Waals surface area (Å²) in [6, 6.07) is 0. The number of allylic oxidation sites excluding steroid dienone is 2. The largest absolute Gasteiger partial charge is 0.366 e. The second-order valence-electron chi connectivity index (χ2n) is 8.71. The number of epoxide rings is 2. The Balaban J connectivity index is 1.74. The molecule has 4 rings (SSSR count). The molecular weight excluding hydrogens is 304 g/mol. The van der Waals surface area contributed by atoms with Crippen LogP contribution >= 0.6 is 0 Å². The van der Waals surface area contributed by atoms with Gasteiger partial charge in [0.1, 0.15) is 11.7 Å². The van der Waals surface area contributed by atoms with Gasteiger partial charge in [-0.25, -0.2) is 0 Å². The Labute approximate surface area is 143 Å². The number of rotatable bonds is 0. The van der Waals surface area contributed by atoms with Crippen LogP contribution in [0.25, 0.3) is 0 Å². The number of carbonyl (C=O) groups is 2. The standard InChI is InChI=1S/C20H26O4/c1-11-13-10-14(21)12(2)18(11,3)8-9-19(4)15(23-19)6-7-20(5)17(24-20)16(13)22/h10,12,15,17H,1,6-9H2,2-5H3/t12-,15+,17-,18-,19+,20-/m1/s1. The Morgan fingerprint density at radius 2 is 1.79 bits per heavy atom. The Morgan fingerprint density at radius 3 is 2.50 bits per heavy atom. The predicted octanol–water partition coefficient (Wildman–Crippen LogP) is 3.15. The fourth-order valence-corrected chi connectivity index (χ4v) is 4.52. The Bertz CT molecular complexity index is 692. The quantitative estimate of drug-likeness (QED) is 0.640. The molecule has 6 atom stereocenters. The summed E-state index contributed by atoms with van der Waals surface area (Å²) in [7, 11) is 0. The van der Waals surface area contributed by atoms with E-state index in [0.717, 1.165) is 31.3 Å². The van der Waals surface area contributed by atoms with Crippen LogP contribution in [0.4, 0.5) is 0 Å². The van der Waals surface area contributed by atoms with Gasteiger partial charge in [0, 0.05) is 16.9 Å².